The molecule has 0 aliphatic carbocycles. The van der Waals surface area contributed by atoms with Crippen molar-refractivity contribution < 1.29 is 8.42 Å². The van der Waals surface area contributed by atoms with Gasteiger partial charge in [0.05, 0.1) is 0 Å². The van der Waals surface area contributed by atoms with Crippen LogP contribution < -0.4 is 15.8 Å². The molecule has 1 aromatic rings. The first kappa shape index (κ1) is 10.7. The molecule has 0 spiro atoms. The van der Waals surface area contributed by atoms with E-state index in [4.69, 9.17) is 5.73 Å². The molecule has 2 atom stereocenters. The molecule has 7 nitrogen and oxygen atoms in total. The van der Waals surface area contributed by atoms with Crippen LogP contribution in [0, 0.1) is 6.92 Å². The first-order valence-electron chi connectivity index (χ1n) is 4.30. The molecular formula is C6H11N5O2S2. The maximum atomic E-state index is 11.7. The van der Waals surface area contributed by atoms with E-state index >= 15 is 0 Å². The molecule has 1 aliphatic heterocycles. The summed E-state index contributed by atoms with van der Waals surface area (Å²) in [6, 6.07) is -0.364. The second-order valence-corrected chi connectivity index (χ2v) is 6.25. The minimum atomic E-state index is -3.49. The molecule has 2 rings (SSSR count). The summed E-state index contributed by atoms with van der Waals surface area (Å²) in [5.74, 6) is 0. The van der Waals surface area contributed by atoms with Crippen molar-refractivity contribution in [2.24, 2.45) is 5.73 Å². The summed E-state index contributed by atoms with van der Waals surface area (Å²) in [5, 5.41) is 10.4. The molecule has 9 heteroatoms. The van der Waals surface area contributed by atoms with Gasteiger partial charge >= 0.3 is 0 Å². The number of hydrogen-bond acceptors (Lipinski definition) is 7. The van der Waals surface area contributed by atoms with Crippen LogP contribution in [0.15, 0.2) is 0 Å². The van der Waals surface area contributed by atoms with E-state index in [1.807, 2.05) is 0 Å². The van der Waals surface area contributed by atoms with Crippen molar-refractivity contribution in [1.82, 2.24) is 15.5 Å². The Labute approximate surface area is 91.1 Å². The van der Waals surface area contributed by atoms with Crippen LogP contribution in [0.2, 0.25) is 0 Å². The summed E-state index contributed by atoms with van der Waals surface area (Å²) in [5.41, 5.74) is 5.55. The van der Waals surface area contributed by atoms with Crippen LogP contribution >= 0.6 is 11.3 Å². The van der Waals surface area contributed by atoms with Gasteiger partial charge < -0.3 is 5.73 Å². The van der Waals surface area contributed by atoms with Crippen molar-refractivity contribution in [1.29, 1.82) is 0 Å². The summed E-state index contributed by atoms with van der Waals surface area (Å²) in [6.45, 7) is 2.27. The number of anilines is 1. The molecule has 0 radical (unpaired) electrons. The summed E-state index contributed by atoms with van der Waals surface area (Å²) < 4.78 is 25.7. The average molecular weight is 249 g/mol. The zero-order valence-electron chi connectivity index (χ0n) is 7.97. The van der Waals surface area contributed by atoms with Crippen LogP contribution in [0.25, 0.3) is 0 Å². The smallest absolute Gasteiger partial charge is 0.252 e. The number of nitrogens with zero attached hydrogens (tertiary/aromatic N) is 2. The fourth-order valence-corrected chi connectivity index (χ4v) is 3.45. The van der Waals surface area contributed by atoms with Crippen molar-refractivity contribution in [2.75, 3.05) is 11.3 Å². The maximum Gasteiger partial charge on any atom is 0.252 e. The number of aryl methyl sites for hydroxylation is 1. The van der Waals surface area contributed by atoms with Crippen molar-refractivity contribution in [3.05, 3.63) is 5.01 Å². The summed E-state index contributed by atoms with van der Waals surface area (Å²) >= 11 is 1.19. The van der Waals surface area contributed by atoms with Gasteiger partial charge in [0.15, 0.2) is 0 Å². The molecule has 0 bridgehead atoms. The van der Waals surface area contributed by atoms with Gasteiger partial charge in [0.1, 0.15) is 10.4 Å². The minimum absolute atomic E-state index is 0.272. The summed E-state index contributed by atoms with van der Waals surface area (Å²) in [7, 11) is -3.49. The Hall–Kier alpha value is -0.770. The third kappa shape index (κ3) is 2.09. The van der Waals surface area contributed by atoms with Gasteiger partial charge in [0, 0.05) is 12.6 Å². The normalized spacial score (nSPS) is 26.0. The summed E-state index contributed by atoms with van der Waals surface area (Å²) in [4.78, 5) is 0. The SMILES string of the molecule is Cc1nnc(NS(=O)(=O)C2NCC2N)s1. The van der Waals surface area contributed by atoms with Gasteiger partial charge in [0.25, 0.3) is 10.0 Å². The molecule has 0 amide bonds. The molecule has 84 valence electrons. The standard InChI is InChI=1S/C6H11N5O2S2/c1-3-9-10-6(14-3)11-15(12,13)5-4(7)2-8-5/h4-5,8H,2,7H2,1H3,(H,10,11). The van der Waals surface area contributed by atoms with E-state index < -0.39 is 15.4 Å². The zero-order valence-corrected chi connectivity index (χ0v) is 9.60. The lowest BCUT2D eigenvalue weighted by atomic mass is 10.2. The average Bonchev–Trinajstić information content (AvgIpc) is 2.46. The fraction of sp³-hybridized carbons (Fsp3) is 0.667. The third-order valence-corrected chi connectivity index (χ3v) is 4.58. The number of rotatable bonds is 3. The highest BCUT2D eigenvalue weighted by atomic mass is 32.2. The minimum Gasteiger partial charge on any atom is -0.324 e. The van der Waals surface area contributed by atoms with Crippen LogP contribution in [0.1, 0.15) is 5.01 Å². The van der Waals surface area contributed by atoms with Crippen LogP contribution in [-0.2, 0) is 10.0 Å². The first-order valence-corrected chi connectivity index (χ1v) is 6.66. The van der Waals surface area contributed by atoms with Gasteiger partial charge in [0.2, 0.25) is 5.13 Å². The van der Waals surface area contributed by atoms with Gasteiger partial charge in [-0.1, -0.05) is 11.3 Å². The van der Waals surface area contributed by atoms with Crippen LogP contribution in [0.3, 0.4) is 0 Å². The molecule has 1 aliphatic rings. The lowest BCUT2D eigenvalue weighted by molar-refractivity contribution is 0.387. The monoisotopic (exact) mass is 249 g/mol. The number of nitrogens with one attached hydrogen (secondary N) is 2. The number of aromatic nitrogens is 2. The molecular weight excluding hydrogens is 238 g/mol. The van der Waals surface area contributed by atoms with E-state index in [0.29, 0.717) is 11.6 Å². The molecule has 2 heterocycles. The largest absolute Gasteiger partial charge is 0.324 e. The van der Waals surface area contributed by atoms with Gasteiger partial charge in [-0.2, -0.15) is 0 Å². The van der Waals surface area contributed by atoms with Gasteiger partial charge in [-0.05, 0) is 6.92 Å². The van der Waals surface area contributed by atoms with E-state index in [9.17, 15) is 8.42 Å². The molecule has 2 unspecified atom stereocenters. The van der Waals surface area contributed by atoms with Crippen LogP contribution in [-0.4, -0.2) is 36.6 Å². The van der Waals surface area contributed by atoms with Crippen molar-refractivity contribution >= 4 is 26.5 Å². The highest BCUT2D eigenvalue weighted by molar-refractivity contribution is 7.93. The molecule has 1 fully saturated rings. The highest BCUT2D eigenvalue weighted by Crippen LogP contribution is 2.18. The Morgan fingerprint density at radius 2 is 2.33 bits per heavy atom. The maximum absolute atomic E-state index is 11.7. The van der Waals surface area contributed by atoms with E-state index in [-0.39, 0.29) is 11.2 Å². The molecule has 15 heavy (non-hydrogen) atoms. The van der Waals surface area contributed by atoms with Crippen molar-refractivity contribution in [3.8, 4) is 0 Å². The Bertz CT molecular complexity index is 456. The Kier molecular flexibility index (Phi) is 2.63. The predicted molar refractivity (Wildman–Crippen MR) is 57.0 cm³/mol. The quantitative estimate of drug-likeness (QED) is 0.623. The lowest BCUT2D eigenvalue weighted by Crippen LogP contribution is -2.66. The topological polar surface area (TPSA) is 110 Å². The fourth-order valence-electron chi connectivity index (χ4n) is 1.21. The van der Waals surface area contributed by atoms with Gasteiger partial charge in [-0.25, -0.2) is 8.42 Å². The van der Waals surface area contributed by atoms with Gasteiger partial charge in [-0.15, -0.1) is 10.2 Å². The number of sulfonamides is 1. The van der Waals surface area contributed by atoms with Crippen molar-refractivity contribution in [2.45, 2.75) is 18.3 Å². The van der Waals surface area contributed by atoms with E-state index in [1.54, 1.807) is 6.92 Å². The summed E-state index contributed by atoms with van der Waals surface area (Å²) in [6.07, 6.45) is 0. The Morgan fingerprint density at radius 1 is 1.60 bits per heavy atom. The molecule has 1 saturated heterocycles. The van der Waals surface area contributed by atoms with E-state index in [1.165, 1.54) is 11.3 Å². The van der Waals surface area contributed by atoms with Crippen LogP contribution in [0.4, 0.5) is 5.13 Å². The Balaban J connectivity index is 2.11. The highest BCUT2D eigenvalue weighted by Gasteiger charge is 2.38. The van der Waals surface area contributed by atoms with Crippen LogP contribution in [0.5, 0.6) is 0 Å². The number of hydrogen-bond donors (Lipinski definition) is 3. The van der Waals surface area contributed by atoms with E-state index in [2.05, 4.69) is 20.2 Å². The second kappa shape index (κ2) is 3.67. The molecule has 4 N–H and O–H groups in total. The van der Waals surface area contributed by atoms with Gasteiger partial charge in [-0.3, -0.25) is 10.0 Å². The predicted octanol–water partition coefficient (Wildman–Crippen LogP) is -1.16. The lowest BCUT2D eigenvalue weighted by Gasteiger charge is -2.33. The van der Waals surface area contributed by atoms with E-state index in [0.717, 1.165) is 0 Å². The Morgan fingerprint density at radius 3 is 2.73 bits per heavy atom. The first-order chi connectivity index (χ1) is 6.99. The number of nitrogens with two attached hydrogens (primary N) is 1. The molecule has 1 aromatic heterocycles. The third-order valence-electron chi connectivity index (χ3n) is 2.03. The molecule has 0 aromatic carbocycles. The van der Waals surface area contributed by atoms with Crippen molar-refractivity contribution in [3.63, 3.8) is 0 Å². The second-order valence-electron chi connectivity index (χ2n) is 3.27. The molecule has 0 saturated carbocycles. The zero-order chi connectivity index (χ0) is 11.1.